The van der Waals surface area contributed by atoms with Crippen molar-refractivity contribution >= 4 is 44.6 Å². The molecule has 158 valence electrons. The molecule has 1 atom stereocenters. The zero-order valence-corrected chi connectivity index (χ0v) is 17.6. The molecule has 2 aromatic carbocycles. The first kappa shape index (κ1) is 20.5. The molecule has 0 aliphatic carbocycles. The number of carbonyl (C=O) groups is 2. The van der Waals surface area contributed by atoms with Crippen molar-refractivity contribution in [2.75, 3.05) is 36.2 Å². The molecule has 0 spiro atoms. The van der Waals surface area contributed by atoms with Crippen molar-refractivity contribution in [1.82, 2.24) is 0 Å². The molecular formula is C20H19ClN2O6S. The minimum absolute atomic E-state index is 0.0314. The van der Waals surface area contributed by atoms with Crippen LogP contribution in [-0.2, 0) is 19.4 Å². The monoisotopic (exact) mass is 450 g/mol. The van der Waals surface area contributed by atoms with E-state index in [1.165, 1.54) is 23.1 Å². The average Bonchev–Trinajstić information content (AvgIpc) is 3.10. The molecule has 1 fully saturated rings. The Morgan fingerprint density at radius 3 is 2.60 bits per heavy atom. The Hall–Kier alpha value is -2.78. The van der Waals surface area contributed by atoms with Crippen LogP contribution in [0.3, 0.4) is 0 Å². The molecule has 2 aliphatic heterocycles. The lowest BCUT2D eigenvalue weighted by molar-refractivity contribution is -0.122. The van der Waals surface area contributed by atoms with Crippen LogP contribution in [0.4, 0.5) is 11.4 Å². The summed E-state index contributed by atoms with van der Waals surface area (Å²) in [4.78, 5) is 26.8. The molecule has 0 radical (unpaired) electrons. The number of amides is 2. The van der Waals surface area contributed by atoms with Gasteiger partial charge in [-0.25, -0.2) is 8.42 Å². The second-order valence-corrected chi connectivity index (χ2v) is 9.56. The van der Waals surface area contributed by atoms with Crippen LogP contribution in [0.2, 0.25) is 5.02 Å². The predicted octanol–water partition coefficient (Wildman–Crippen LogP) is 2.51. The van der Waals surface area contributed by atoms with Gasteiger partial charge in [-0.15, -0.1) is 0 Å². The maximum atomic E-state index is 12.7. The highest BCUT2D eigenvalue weighted by atomic mass is 35.5. The highest BCUT2D eigenvalue weighted by Gasteiger charge is 2.36. The lowest BCUT2D eigenvalue weighted by Crippen LogP contribution is -2.28. The number of hydrogen-bond donors (Lipinski definition) is 1. The minimum Gasteiger partial charge on any atom is -0.486 e. The summed E-state index contributed by atoms with van der Waals surface area (Å²) in [6, 6.07) is 9.30. The number of hydrogen-bond acceptors (Lipinski definition) is 6. The van der Waals surface area contributed by atoms with Gasteiger partial charge in [-0.3, -0.25) is 9.59 Å². The topological polar surface area (TPSA) is 102 Å². The number of carbonyl (C=O) groups excluding carboxylic acids is 2. The lowest BCUT2D eigenvalue weighted by Gasteiger charge is -2.22. The van der Waals surface area contributed by atoms with Crippen LogP contribution < -0.4 is 19.7 Å². The van der Waals surface area contributed by atoms with Crippen molar-refractivity contribution in [2.45, 2.75) is 11.3 Å². The van der Waals surface area contributed by atoms with Crippen molar-refractivity contribution in [1.29, 1.82) is 0 Å². The molecule has 30 heavy (non-hydrogen) atoms. The van der Waals surface area contributed by atoms with E-state index >= 15 is 0 Å². The molecule has 10 heteroatoms. The standard InChI is InChI=1S/C20H19ClN2O6S/c1-30(26,27)14-3-4-15(21)16(10-14)22-20(25)12-8-19(24)23(11-12)13-2-5-17-18(9-13)29-7-6-28-17/h2-5,9-10,12H,6-8,11H2,1H3,(H,22,25)/t12-/m1/s1. The Balaban J connectivity index is 1.50. The predicted molar refractivity (Wildman–Crippen MR) is 111 cm³/mol. The molecule has 0 bridgehead atoms. The summed E-state index contributed by atoms with van der Waals surface area (Å²) >= 11 is 6.11. The Bertz CT molecular complexity index is 1130. The fourth-order valence-corrected chi connectivity index (χ4v) is 4.21. The van der Waals surface area contributed by atoms with E-state index in [1.807, 2.05) is 0 Å². The van der Waals surface area contributed by atoms with Gasteiger partial charge in [-0.1, -0.05) is 11.6 Å². The largest absolute Gasteiger partial charge is 0.486 e. The van der Waals surface area contributed by atoms with Gasteiger partial charge in [0, 0.05) is 31.0 Å². The van der Waals surface area contributed by atoms with Crippen molar-refractivity contribution in [3.8, 4) is 11.5 Å². The summed E-state index contributed by atoms with van der Waals surface area (Å²) in [5.74, 6) is -0.0300. The Kier molecular flexibility index (Phi) is 5.33. The summed E-state index contributed by atoms with van der Waals surface area (Å²) in [5.41, 5.74) is 0.812. The van der Waals surface area contributed by atoms with Crippen LogP contribution in [0, 0.1) is 5.92 Å². The van der Waals surface area contributed by atoms with E-state index in [9.17, 15) is 18.0 Å². The number of halogens is 1. The second-order valence-electron chi connectivity index (χ2n) is 7.14. The fourth-order valence-electron chi connectivity index (χ4n) is 3.40. The van der Waals surface area contributed by atoms with Gasteiger partial charge >= 0.3 is 0 Å². The molecule has 0 saturated carbocycles. The molecular weight excluding hydrogens is 432 g/mol. The molecule has 1 saturated heterocycles. The smallest absolute Gasteiger partial charge is 0.229 e. The normalized spacial score (nSPS) is 18.4. The minimum atomic E-state index is -3.45. The van der Waals surface area contributed by atoms with Crippen LogP contribution in [0.15, 0.2) is 41.3 Å². The van der Waals surface area contributed by atoms with Gasteiger partial charge in [-0.05, 0) is 30.3 Å². The van der Waals surface area contributed by atoms with Gasteiger partial charge in [-0.2, -0.15) is 0 Å². The number of rotatable bonds is 4. The number of fused-ring (bicyclic) bond motifs is 1. The molecule has 2 amide bonds. The summed E-state index contributed by atoms with van der Waals surface area (Å²) in [6.45, 7) is 1.09. The van der Waals surface area contributed by atoms with Crippen molar-refractivity contribution < 1.29 is 27.5 Å². The molecule has 0 unspecified atom stereocenters. The van der Waals surface area contributed by atoms with E-state index in [-0.39, 0.29) is 34.5 Å². The summed E-state index contributed by atoms with van der Waals surface area (Å²) in [6.07, 6.45) is 1.10. The van der Waals surface area contributed by atoms with Gasteiger partial charge in [0.05, 0.1) is 21.5 Å². The van der Waals surface area contributed by atoms with Crippen LogP contribution in [-0.4, -0.2) is 46.2 Å². The van der Waals surface area contributed by atoms with Gasteiger partial charge < -0.3 is 19.7 Å². The molecule has 8 nitrogen and oxygen atoms in total. The third kappa shape index (κ3) is 4.08. The number of ether oxygens (including phenoxy) is 2. The number of nitrogens with zero attached hydrogens (tertiary/aromatic N) is 1. The Morgan fingerprint density at radius 2 is 1.87 bits per heavy atom. The van der Waals surface area contributed by atoms with E-state index in [0.29, 0.717) is 30.4 Å². The van der Waals surface area contributed by atoms with E-state index in [1.54, 1.807) is 18.2 Å². The first-order chi connectivity index (χ1) is 14.2. The summed E-state index contributed by atoms with van der Waals surface area (Å²) in [7, 11) is -3.45. The van der Waals surface area contributed by atoms with Gasteiger partial charge in [0.1, 0.15) is 13.2 Å². The molecule has 2 heterocycles. The Labute approximate surface area is 178 Å². The number of sulfone groups is 1. The third-order valence-electron chi connectivity index (χ3n) is 4.96. The fraction of sp³-hybridized carbons (Fsp3) is 0.300. The van der Waals surface area contributed by atoms with Crippen LogP contribution in [0.25, 0.3) is 0 Å². The molecule has 2 aliphatic rings. The van der Waals surface area contributed by atoms with E-state index < -0.39 is 21.7 Å². The number of benzene rings is 2. The molecule has 2 aromatic rings. The molecule has 0 aromatic heterocycles. The SMILES string of the molecule is CS(=O)(=O)c1ccc(Cl)c(NC(=O)[C@@H]2CC(=O)N(c3ccc4c(c3)OCCO4)C2)c1. The van der Waals surface area contributed by atoms with E-state index in [4.69, 9.17) is 21.1 Å². The van der Waals surface area contributed by atoms with Crippen molar-refractivity contribution in [3.63, 3.8) is 0 Å². The van der Waals surface area contributed by atoms with Crippen LogP contribution in [0.1, 0.15) is 6.42 Å². The first-order valence-electron chi connectivity index (χ1n) is 9.23. The summed E-state index contributed by atoms with van der Waals surface area (Å²) in [5, 5.41) is 2.86. The Morgan fingerprint density at radius 1 is 1.13 bits per heavy atom. The maximum absolute atomic E-state index is 12.7. The zero-order valence-electron chi connectivity index (χ0n) is 16.1. The first-order valence-corrected chi connectivity index (χ1v) is 11.5. The molecule has 4 rings (SSSR count). The maximum Gasteiger partial charge on any atom is 0.229 e. The van der Waals surface area contributed by atoms with E-state index in [2.05, 4.69) is 5.32 Å². The molecule has 1 N–H and O–H groups in total. The van der Waals surface area contributed by atoms with Gasteiger partial charge in [0.2, 0.25) is 11.8 Å². The zero-order chi connectivity index (χ0) is 21.5. The quantitative estimate of drug-likeness (QED) is 0.767. The number of anilines is 2. The highest BCUT2D eigenvalue weighted by molar-refractivity contribution is 7.90. The lowest BCUT2D eigenvalue weighted by atomic mass is 10.1. The highest BCUT2D eigenvalue weighted by Crippen LogP contribution is 2.36. The van der Waals surface area contributed by atoms with E-state index in [0.717, 1.165) is 6.26 Å². The third-order valence-corrected chi connectivity index (χ3v) is 6.40. The van der Waals surface area contributed by atoms with Crippen LogP contribution >= 0.6 is 11.6 Å². The number of nitrogens with one attached hydrogen (secondary N) is 1. The average molecular weight is 451 g/mol. The van der Waals surface area contributed by atoms with Gasteiger partial charge in [0.25, 0.3) is 0 Å². The van der Waals surface area contributed by atoms with Crippen LogP contribution in [0.5, 0.6) is 11.5 Å². The summed E-state index contributed by atoms with van der Waals surface area (Å²) < 4.78 is 34.6. The van der Waals surface area contributed by atoms with Gasteiger partial charge in [0.15, 0.2) is 21.3 Å². The second kappa shape index (κ2) is 7.81. The van der Waals surface area contributed by atoms with Crippen molar-refractivity contribution in [3.05, 3.63) is 41.4 Å². The van der Waals surface area contributed by atoms with Crippen molar-refractivity contribution in [2.24, 2.45) is 5.92 Å².